The van der Waals surface area contributed by atoms with E-state index in [1.54, 1.807) is 0 Å². The van der Waals surface area contributed by atoms with Crippen molar-refractivity contribution in [1.29, 1.82) is 0 Å². The quantitative estimate of drug-likeness (QED) is 0.790. The highest BCUT2D eigenvalue weighted by Gasteiger charge is 2.27. The molecule has 0 aliphatic carbocycles. The van der Waals surface area contributed by atoms with Crippen molar-refractivity contribution in [2.45, 2.75) is 20.4 Å². The summed E-state index contributed by atoms with van der Waals surface area (Å²) < 4.78 is 5.61. The summed E-state index contributed by atoms with van der Waals surface area (Å²) in [6.07, 6.45) is 1.91. The van der Waals surface area contributed by atoms with Crippen LogP contribution in [0.4, 0.5) is 5.69 Å². The summed E-state index contributed by atoms with van der Waals surface area (Å²) in [5.74, 6) is 1.11. The minimum atomic E-state index is -0.00622. The second-order valence-electron chi connectivity index (χ2n) is 7.15. The van der Waals surface area contributed by atoms with E-state index in [1.807, 2.05) is 36.3 Å². The number of H-pyrrole nitrogens is 1. The molecule has 0 radical (unpaired) electrons. The number of anilines is 1. The van der Waals surface area contributed by atoms with Gasteiger partial charge in [-0.3, -0.25) is 9.89 Å². The second-order valence-corrected chi connectivity index (χ2v) is 7.15. The summed E-state index contributed by atoms with van der Waals surface area (Å²) in [4.78, 5) is 16.3. The summed E-state index contributed by atoms with van der Waals surface area (Å²) in [5, 5.41) is 7.38. The fourth-order valence-electron chi connectivity index (χ4n) is 3.19. The number of carbonyl (C=O) groups is 1. The minimum absolute atomic E-state index is 0.00622. The summed E-state index contributed by atoms with van der Waals surface area (Å²) in [6.45, 7) is 7.16. The highest BCUT2D eigenvalue weighted by atomic mass is 16.5. The predicted octanol–water partition coefficient (Wildman–Crippen LogP) is 1.85. The first-order valence-corrected chi connectivity index (χ1v) is 8.98. The lowest BCUT2D eigenvalue weighted by molar-refractivity contribution is -0.121. The number of carbonyl (C=O) groups excluding carboxylic acids is 1. The standard InChI is InChI=1S/C19H27N5O2/c1-13(2)10-24-16-8-14(4-5-17(16)26-12-18(24)25)19-15(9-21-22-19)11-23(3)7-6-20/h4-5,8-9,13H,6-7,10-12,20H2,1-3H3,(H,21,22). The summed E-state index contributed by atoms with van der Waals surface area (Å²) in [6, 6.07) is 5.91. The molecule has 2 aromatic rings. The first-order valence-electron chi connectivity index (χ1n) is 8.98. The minimum Gasteiger partial charge on any atom is -0.482 e. The Morgan fingerprint density at radius 2 is 2.23 bits per heavy atom. The van der Waals surface area contributed by atoms with Crippen LogP contribution in [0.3, 0.4) is 0 Å². The lowest BCUT2D eigenvalue weighted by atomic mass is 10.0. The molecule has 0 fully saturated rings. The molecule has 2 heterocycles. The van der Waals surface area contributed by atoms with Gasteiger partial charge < -0.3 is 20.3 Å². The maximum Gasteiger partial charge on any atom is 0.265 e. The molecule has 140 valence electrons. The van der Waals surface area contributed by atoms with Gasteiger partial charge in [0.15, 0.2) is 6.61 Å². The van der Waals surface area contributed by atoms with Crippen LogP contribution >= 0.6 is 0 Å². The maximum atomic E-state index is 12.3. The van der Waals surface area contributed by atoms with E-state index in [1.165, 1.54) is 0 Å². The van der Waals surface area contributed by atoms with Gasteiger partial charge in [-0.15, -0.1) is 0 Å². The fourth-order valence-corrected chi connectivity index (χ4v) is 3.19. The lowest BCUT2D eigenvalue weighted by Gasteiger charge is -2.31. The van der Waals surface area contributed by atoms with Crippen molar-refractivity contribution < 1.29 is 9.53 Å². The number of fused-ring (bicyclic) bond motifs is 1. The Balaban J connectivity index is 1.93. The zero-order chi connectivity index (χ0) is 18.7. The SMILES string of the molecule is CC(C)CN1C(=O)COc2ccc(-c3n[nH]cc3CN(C)CCN)cc21. The molecule has 1 aromatic carbocycles. The van der Waals surface area contributed by atoms with Gasteiger partial charge in [-0.25, -0.2) is 0 Å². The number of hydrogen-bond acceptors (Lipinski definition) is 5. The number of aromatic amines is 1. The van der Waals surface area contributed by atoms with Crippen LogP contribution in [0, 0.1) is 5.92 Å². The normalized spacial score (nSPS) is 14.1. The number of nitrogens with two attached hydrogens (primary N) is 1. The van der Waals surface area contributed by atoms with Gasteiger partial charge in [-0.05, 0) is 31.2 Å². The number of rotatable bonds is 7. The van der Waals surface area contributed by atoms with E-state index < -0.39 is 0 Å². The Hall–Kier alpha value is -2.38. The molecular formula is C19H27N5O2. The van der Waals surface area contributed by atoms with Gasteiger partial charge in [-0.1, -0.05) is 13.8 Å². The maximum absolute atomic E-state index is 12.3. The topological polar surface area (TPSA) is 87.5 Å². The van der Waals surface area contributed by atoms with Crippen molar-refractivity contribution in [3.63, 3.8) is 0 Å². The van der Waals surface area contributed by atoms with Gasteiger partial charge in [-0.2, -0.15) is 5.10 Å². The van der Waals surface area contributed by atoms with Crippen molar-refractivity contribution in [3.05, 3.63) is 30.0 Å². The number of likely N-dealkylation sites (N-methyl/N-ethyl adjacent to an activating group) is 1. The Labute approximate surface area is 154 Å². The van der Waals surface area contributed by atoms with Crippen molar-refractivity contribution in [2.75, 3.05) is 38.2 Å². The number of nitrogens with one attached hydrogen (secondary N) is 1. The fraction of sp³-hybridized carbons (Fsp3) is 0.474. The zero-order valence-corrected chi connectivity index (χ0v) is 15.7. The molecule has 1 amide bonds. The van der Waals surface area contributed by atoms with E-state index in [0.717, 1.165) is 41.3 Å². The molecule has 0 unspecified atom stereocenters. The van der Waals surface area contributed by atoms with Crippen LogP contribution in [0.15, 0.2) is 24.4 Å². The van der Waals surface area contributed by atoms with Crippen LogP contribution in [0.25, 0.3) is 11.3 Å². The van der Waals surface area contributed by atoms with Crippen LogP contribution in [-0.4, -0.2) is 54.3 Å². The molecule has 7 nitrogen and oxygen atoms in total. The molecule has 3 rings (SSSR count). The molecular weight excluding hydrogens is 330 g/mol. The average Bonchev–Trinajstić information content (AvgIpc) is 3.05. The number of aromatic nitrogens is 2. The Morgan fingerprint density at radius 3 is 2.96 bits per heavy atom. The zero-order valence-electron chi connectivity index (χ0n) is 15.7. The molecule has 0 saturated heterocycles. The number of benzene rings is 1. The summed E-state index contributed by atoms with van der Waals surface area (Å²) >= 11 is 0. The van der Waals surface area contributed by atoms with E-state index in [9.17, 15) is 4.79 Å². The third-order valence-electron chi connectivity index (χ3n) is 4.39. The van der Waals surface area contributed by atoms with E-state index >= 15 is 0 Å². The van der Waals surface area contributed by atoms with Crippen LogP contribution in [0.5, 0.6) is 5.75 Å². The first kappa shape index (κ1) is 18.4. The van der Waals surface area contributed by atoms with Gasteiger partial charge in [0.2, 0.25) is 0 Å². The monoisotopic (exact) mass is 357 g/mol. The smallest absolute Gasteiger partial charge is 0.265 e. The third-order valence-corrected chi connectivity index (χ3v) is 4.39. The van der Waals surface area contributed by atoms with Crippen molar-refractivity contribution >= 4 is 11.6 Å². The van der Waals surface area contributed by atoms with Gasteiger partial charge in [0.1, 0.15) is 5.75 Å². The van der Waals surface area contributed by atoms with Crippen LogP contribution in [0.2, 0.25) is 0 Å². The largest absolute Gasteiger partial charge is 0.482 e. The number of amides is 1. The molecule has 1 aliphatic heterocycles. The molecule has 0 spiro atoms. The molecule has 1 aliphatic rings. The molecule has 3 N–H and O–H groups in total. The van der Waals surface area contributed by atoms with Crippen molar-refractivity contribution in [1.82, 2.24) is 15.1 Å². The first-order chi connectivity index (χ1) is 12.5. The van der Waals surface area contributed by atoms with Crippen LogP contribution in [0.1, 0.15) is 19.4 Å². The molecule has 0 bridgehead atoms. The average molecular weight is 357 g/mol. The van der Waals surface area contributed by atoms with E-state index in [2.05, 4.69) is 28.9 Å². The summed E-state index contributed by atoms with van der Waals surface area (Å²) in [7, 11) is 2.04. The van der Waals surface area contributed by atoms with Crippen molar-refractivity contribution in [3.8, 4) is 17.0 Å². The van der Waals surface area contributed by atoms with Gasteiger partial charge in [0.25, 0.3) is 5.91 Å². The van der Waals surface area contributed by atoms with Crippen LogP contribution in [-0.2, 0) is 11.3 Å². The molecule has 26 heavy (non-hydrogen) atoms. The van der Waals surface area contributed by atoms with E-state index in [-0.39, 0.29) is 12.5 Å². The number of hydrogen-bond donors (Lipinski definition) is 2. The number of nitrogens with zero attached hydrogens (tertiary/aromatic N) is 3. The van der Waals surface area contributed by atoms with Gasteiger partial charge >= 0.3 is 0 Å². The highest BCUT2D eigenvalue weighted by molar-refractivity contribution is 5.98. The summed E-state index contributed by atoms with van der Waals surface area (Å²) in [5.41, 5.74) is 9.40. The Bertz CT molecular complexity index is 771. The highest BCUT2D eigenvalue weighted by Crippen LogP contribution is 2.36. The van der Waals surface area contributed by atoms with E-state index in [0.29, 0.717) is 19.0 Å². The lowest BCUT2D eigenvalue weighted by Crippen LogP contribution is -2.40. The van der Waals surface area contributed by atoms with Crippen LogP contribution < -0.4 is 15.4 Å². The van der Waals surface area contributed by atoms with Gasteiger partial charge in [0.05, 0.1) is 11.4 Å². The molecule has 0 saturated carbocycles. The third kappa shape index (κ3) is 3.89. The van der Waals surface area contributed by atoms with Gasteiger partial charge in [0, 0.05) is 43.5 Å². The predicted molar refractivity (Wildman–Crippen MR) is 102 cm³/mol. The Kier molecular flexibility index (Phi) is 5.58. The van der Waals surface area contributed by atoms with E-state index in [4.69, 9.17) is 10.5 Å². The van der Waals surface area contributed by atoms with Crippen molar-refractivity contribution in [2.24, 2.45) is 11.7 Å². The number of ether oxygens (including phenoxy) is 1. The Morgan fingerprint density at radius 1 is 1.42 bits per heavy atom. The second kappa shape index (κ2) is 7.88. The molecule has 7 heteroatoms. The molecule has 1 aromatic heterocycles. The molecule has 0 atom stereocenters.